The lowest BCUT2D eigenvalue weighted by atomic mass is 9.89. The van der Waals surface area contributed by atoms with Gasteiger partial charge < -0.3 is 14.7 Å². The van der Waals surface area contributed by atoms with Crippen molar-refractivity contribution in [3.63, 3.8) is 0 Å². The average Bonchev–Trinajstić information content (AvgIpc) is 3.38. The van der Waals surface area contributed by atoms with Gasteiger partial charge in [0.1, 0.15) is 0 Å². The number of nitrogens with zero attached hydrogens (tertiary/aromatic N) is 3. The van der Waals surface area contributed by atoms with E-state index in [0.717, 1.165) is 44.1 Å². The Kier molecular flexibility index (Phi) is 4.75. The highest BCUT2D eigenvalue weighted by Gasteiger charge is 2.41. The fourth-order valence-corrected chi connectivity index (χ4v) is 4.49. The van der Waals surface area contributed by atoms with Gasteiger partial charge in [0.2, 0.25) is 11.7 Å². The van der Waals surface area contributed by atoms with E-state index >= 15 is 0 Å². The van der Waals surface area contributed by atoms with Crippen LogP contribution in [0.1, 0.15) is 60.3 Å². The molecule has 1 aromatic heterocycles. The van der Waals surface area contributed by atoms with Gasteiger partial charge in [-0.1, -0.05) is 30.1 Å². The van der Waals surface area contributed by atoms with Gasteiger partial charge in [0.05, 0.1) is 6.04 Å². The van der Waals surface area contributed by atoms with Crippen LogP contribution in [0.25, 0.3) is 11.4 Å². The van der Waals surface area contributed by atoms with E-state index in [4.69, 9.17) is 0 Å². The molecule has 1 aromatic carbocycles. The molecule has 2 fully saturated rings. The molecule has 2 saturated carbocycles. The third-order valence-electron chi connectivity index (χ3n) is 6.27. The van der Waals surface area contributed by atoms with Gasteiger partial charge in [-0.15, -0.1) is 0 Å². The standard InChI is InChI=1S/C21H21F3N4O3/c22-21(23,24)20-26-17(27-31-20)12-7-8-13-10-28(19(30)14(13)9-12)16-4-2-1-3-15(16)25-18(29)11-5-6-11/h7-9,11,15-16H,1-6,10H2,(H,25,29). The van der Waals surface area contributed by atoms with Gasteiger partial charge in [0, 0.05) is 29.6 Å². The molecule has 2 unspecified atom stereocenters. The van der Waals surface area contributed by atoms with Crippen molar-refractivity contribution in [1.82, 2.24) is 20.4 Å². The number of amides is 2. The Morgan fingerprint density at radius 3 is 2.65 bits per heavy atom. The summed E-state index contributed by atoms with van der Waals surface area (Å²) < 4.78 is 42.5. The number of aromatic nitrogens is 2. The van der Waals surface area contributed by atoms with Crippen LogP contribution < -0.4 is 5.32 Å². The number of hydrogen-bond acceptors (Lipinski definition) is 5. The summed E-state index contributed by atoms with van der Waals surface area (Å²) >= 11 is 0. The first-order valence-corrected chi connectivity index (χ1v) is 10.5. The molecule has 10 heteroatoms. The molecule has 1 N–H and O–H groups in total. The van der Waals surface area contributed by atoms with Crippen molar-refractivity contribution in [2.45, 2.75) is 63.3 Å². The van der Waals surface area contributed by atoms with Crippen LogP contribution in [0.15, 0.2) is 22.7 Å². The Morgan fingerprint density at radius 2 is 1.94 bits per heavy atom. The minimum atomic E-state index is -4.73. The van der Waals surface area contributed by atoms with Crippen molar-refractivity contribution in [3.05, 3.63) is 35.2 Å². The molecule has 3 aliphatic rings. The Balaban J connectivity index is 1.37. The van der Waals surface area contributed by atoms with Crippen LogP contribution in [0.4, 0.5) is 13.2 Å². The number of hydrogen-bond donors (Lipinski definition) is 1. The largest absolute Gasteiger partial charge is 0.471 e. The summed E-state index contributed by atoms with van der Waals surface area (Å²) in [6.45, 7) is 0.412. The van der Waals surface area contributed by atoms with Crippen molar-refractivity contribution in [1.29, 1.82) is 0 Å². The number of fused-ring (bicyclic) bond motifs is 1. The van der Waals surface area contributed by atoms with Crippen molar-refractivity contribution in [2.24, 2.45) is 5.92 Å². The molecule has 0 saturated heterocycles. The van der Waals surface area contributed by atoms with E-state index in [1.807, 2.05) is 0 Å². The maximum Gasteiger partial charge on any atom is 0.471 e. The zero-order valence-electron chi connectivity index (χ0n) is 16.6. The molecule has 0 spiro atoms. The number of benzene rings is 1. The topological polar surface area (TPSA) is 88.3 Å². The number of nitrogens with one attached hydrogen (secondary N) is 1. The molecule has 0 bridgehead atoms. The maximum atomic E-state index is 13.2. The van der Waals surface area contributed by atoms with E-state index in [-0.39, 0.29) is 41.2 Å². The Morgan fingerprint density at radius 1 is 1.16 bits per heavy atom. The third kappa shape index (κ3) is 3.79. The molecule has 164 valence electrons. The maximum absolute atomic E-state index is 13.2. The van der Waals surface area contributed by atoms with Crippen molar-refractivity contribution in [2.75, 3.05) is 0 Å². The van der Waals surface area contributed by atoms with E-state index < -0.39 is 12.1 Å². The average molecular weight is 434 g/mol. The van der Waals surface area contributed by atoms with Gasteiger partial charge >= 0.3 is 12.1 Å². The van der Waals surface area contributed by atoms with Crippen molar-refractivity contribution in [3.8, 4) is 11.4 Å². The number of halogens is 3. The monoisotopic (exact) mass is 434 g/mol. The second kappa shape index (κ2) is 7.35. The number of carbonyl (C=O) groups excluding carboxylic acids is 2. The second-order valence-corrected chi connectivity index (χ2v) is 8.47. The van der Waals surface area contributed by atoms with Crippen molar-refractivity contribution >= 4 is 11.8 Å². The summed E-state index contributed by atoms with van der Waals surface area (Å²) in [5.74, 6) is -1.65. The van der Waals surface area contributed by atoms with E-state index in [1.165, 1.54) is 6.07 Å². The Hall–Kier alpha value is -2.91. The second-order valence-electron chi connectivity index (χ2n) is 8.47. The predicted octanol–water partition coefficient (Wildman–Crippen LogP) is 3.55. The van der Waals surface area contributed by atoms with Crippen LogP contribution in [-0.2, 0) is 17.5 Å². The molecule has 7 nitrogen and oxygen atoms in total. The molecule has 2 atom stereocenters. The smallest absolute Gasteiger partial charge is 0.351 e. The van der Waals surface area contributed by atoms with Crippen molar-refractivity contribution < 1.29 is 27.3 Å². The first kappa shape index (κ1) is 20.0. The van der Waals surface area contributed by atoms with Crippen LogP contribution >= 0.6 is 0 Å². The minimum absolute atomic E-state index is 0.0703. The minimum Gasteiger partial charge on any atom is -0.351 e. The zero-order chi connectivity index (χ0) is 21.8. The lowest BCUT2D eigenvalue weighted by Crippen LogP contribution is -2.53. The lowest BCUT2D eigenvalue weighted by molar-refractivity contribution is -0.159. The van der Waals surface area contributed by atoms with Gasteiger partial charge in [-0.3, -0.25) is 9.59 Å². The number of carbonyl (C=O) groups is 2. The highest BCUT2D eigenvalue weighted by Crippen LogP contribution is 2.35. The molecular formula is C21H21F3N4O3. The molecule has 31 heavy (non-hydrogen) atoms. The molecular weight excluding hydrogens is 413 g/mol. The van der Waals surface area contributed by atoms with Gasteiger partial charge in [-0.25, -0.2) is 0 Å². The van der Waals surface area contributed by atoms with Gasteiger partial charge in [0.15, 0.2) is 0 Å². The summed E-state index contributed by atoms with van der Waals surface area (Å²) in [6.07, 6.45) is 0.743. The van der Waals surface area contributed by atoms with Crippen LogP contribution in [0.2, 0.25) is 0 Å². The predicted molar refractivity (Wildman–Crippen MR) is 102 cm³/mol. The number of rotatable bonds is 4. The third-order valence-corrected chi connectivity index (χ3v) is 6.27. The molecule has 2 amide bonds. The SMILES string of the molecule is O=C(NC1CCCCC1N1Cc2ccc(-c3noc(C(F)(F)F)n3)cc2C1=O)C1CC1. The molecule has 0 radical (unpaired) electrons. The van der Waals surface area contributed by atoms with Gasteiger partial charge in [-0.2, -0.15) is 18.2 Å². The Labute approximate surface area is 176 Å². The molecule has 1 aliphatic heterocycles. The van der Waals surface area contributed by atoms with E-state index in [9.17, 15) is 22.8 Å². The van der Waals surface area contributed by atoms with Crippen LogP contribution in [0.3, 0.4) is 0 Å². The summed E-state index contributed by atoms with van der Waals surface area (Å²) in [5, 5.41) is 6.54. The molecule has 2 aliphatic carbocycles. The van der Waals surface area contributed by atoms with E-state index in [1.54, 1.807) is 17.0 Å². The van der Waals surface area contributed by atoms with Gasteiger partial charge in [-0.05, 0) is 37.3 Å². The summed E-state index contributed by atoms with van der Waals surface area (Å²) in [5.41, 5.74) is 1.51. The molecule has 2 aromatic rings. The highest BCUT2D eigenvalue weighted by atomic mass is 19.4. The molecule has 5 rings (SSSR count). The first-order chi connectivity index (χ1) is 14.8. The van der Waals surface area contributed by atoms with Crippen LogP contribution in [0.5, 0.6) is 0 Å². The quantitative estimate of drug-likeness (QED) is 0.795. The fourth-order valence-electron chi connectivity index (χ4n) is 4.49. The summed E-state index contributed by atoms with van der Waals surface area (Å²) in [6, 6.07) is 4.65. The highest BCUT2D eigenvalue weighted by molar-refractivity contribution is 5.99. The first-order valence-electron chi connectivity index (χ1n) is 10.5. The fraction of sp³-hybridized carbons (Fsp3) is 0.524. The normalized spacial score (nSPS) is 23.7. The van der Waals surface area contributed by atoms with Crippen LogP contribution in [0, 0.1) is 5.92 Å². The Bertz CT molecular complexity index is 1030. The zero-order valence-corrected chi connectivity index (χ0v) is 16.6. The lowest BCUT2D eigenvalue weighted by Gasteiger charge is -2.38. The van der Waals surface area contributed by atoms with E-state index in [2.05, 4.69) is 20.0 Å². The summed E-state index contributed by atoms with van der Waals surface area (Å²) in [4.78, 5) is 30.7. The van der Waals surface area contributed by atoms with E-state index in [0.29, 0.717) is 12.1 Å². The number of alkyl halides is 3. The van der Waals surface area contributed by atoms with Crippen LogP contribution in [-0.4, -0.2) is 38.9 Å². The van der Waals surface area contributed by atoms with Gasteiger partial charge in [0.25, 0.3) is 5.91 Å². The molecule has 2 heterocycles. The summed E-state index contributed by atoms with van der Waals surface area (Å²) in [7, 11) is 0.